The predicted octanol–water partition coefficient (Wildman–Crippen LogP) is 3.45. The Kier molecular flexibility index (Phi) is 5.03. The molecule has 0 aliphatic carbocycles. The Balaban J connectivity index is 1.99. The molecule has 0 fully saturated rings. The van der Waals surface area contributed by atoms with Gasteiger partial charge in [0.15, 0.2) is 5.76 Å². The summed E-state index contributed by atoms with van der Waals surface area (Å²) in [5.74, 6) is 0.631. The maximum Gasteiger partial charge on any atom is 0.169 e. The second-order valence-corrected chi connectivity index (χ2v) is 5.88. The standard InChI is InChI=1S/C11H12Cl2N2O2S/c1-16-3-2-14-6-7-4-9(17-15-7)8-5-10(12)18-11(8)13/h4-5,14H,2-3,6H2,1H3. The largest absolute Gasteiger partial charge is 0.383 e. The molecule has 2 aromatic heterocycles. The monoisotopic (exact) mass is 306 g/mol. The third kappa shape index (κ3) is 3.46. The fourth-order valence-electron chi connectivity index (χ4n) is 1.42. The Morgan fingerprint density at radius 1 is 1.44 bits per heavy atom. The van der Waals surface area contributed by atoms with Crippen LogP contribution < -0.4 is 5.32 Å². The number of thiophene rings is 1. The summed E-state index contributed by atoms with van der Waals surface area (Å²) in [6, 6.07) is 3.63. The maximum atomic E-state index is 6.05. The molecule has 0 amide bonds. The Bertz CT molecular complexity index is 513. The van der Waals surface area contributed by atoms with Crippen LogP contribution in [0.25, 0.3) is 11.3 Å². The number of hydrogen-bond donors (Lipinski definition) is 1. The average molecular weight is 307 g/mol. The van der Waals surface area contributed by atoms with Crippen molar-refractivity contribution in [3.05, 3.63) is 26.5 Å². The highest BCUT2D eigenvalue weighted by atomic mass is 35.5. The van der Waals surface area contributed by atoms with Gasteiger partial charge in [-0.3, -0.25) is 0 Å². The molecular weight excluding hydrogens is 295 g/mol. The van der Waals surface area contributed by atoms with Crippen molar-refractivity contribution < 1.29 is 9.26 Å². The lowest BCUT2D eigenvalue weighted by Gasteiger charge is -1.99. The molecule has 0 bridgehead atoms. The highest BCUT2D eigenvalue weighted by Gasteiger charge is 2.13. The zero-order valence-corrected chi connectivity index (χ0v) is 12.0. The average Bonchev–Trinajstić information content (AvgIpc) is 2.91. The van der Waals surface area contributed by atoms with Crippen molar-refractivity contribution in [3.63, 3.8) is 0 Å². The molecule has 0 aliphatic rings. The molecule has 7 heteroatoms. The van der Waals surface area contributed by atoms with Gasteiger partial charge >= 0.3 is 0 Å². The smallest absolute Gasteiger partial charge is 0.169 e. The van der Waals surface area contributed by atoms with Crippen LogP contribution in [-0.2, 0) is 11.3 Å². The van der Waals surface area contributed by atoms with E-state index >= 15 is 0 Å². The molecule has 0 unspecified atom stereocenters. The Labute approximate surface area is 119 Å². The van der Waals surface area contributed by atoms with Crippen molar-refractivity contribution in [2.75, 3.05) is 20.3 Å². The van der Waals surface area contributed by atoms with Crippen LogP contribution in [0, 0.1) is 0 Å². The van der Waals surface area contributed by atoms with E-state index in [2.05, 4.69) is 10.5 Å². The first kappa shape index (κ1) is 13.8. The van der Waals surface area contributed by atoms with Crippen molar-refractivity contribution in [2.24, 2.45) is 0 Å². The zero-order chi connectivity index (χ0) is 13.0. The molecule has 0 aromatic carbocycles. The van der Waals surface area contributed by atoms with Gasteiger partial charge in [0.1, 0.15) is 4.34 Å². The molecule has 0 spiro atoms. The summed E-state index contributed by atoms with van der Waals surface area (Å²) >= 11 is 13.2. The summed E-state index contributed by atoms with van der Waals surface area (Å²) in [5.41, 5.74) is 1.60. The van der Waals surface area contributed by atoms with E-state index in [1.165, 1.54) is 11.3 Å². The minimum absolute atomic E-state index is 0.607. The van der Waals surface area contributed by atoms with Gasteiger partial charge in [-0.15, -0.1) is 11.3 Å². The number of nitrogens with zero attached hydrogens (tertiary/aromatic N) is 1. The van der Waals surface area contributed by atoms with Gasteiger partial charge in [0.05, 0.1) is 22.2 Å². The molecule has 0 aliphatic heterocycles. The summed E-state index contributed by atoms with van der Waals surface area (Å²) < 4.78 is 11.4. The van der Waals surface area contributed by atoms with Gasteiger partial charge in [0, 0.05) is 26.3 Å². The molecule has 98 valence electrons. The van der Waals surface area contributed by atoms with Crippen LogP contribution in [0.3, 0.4) is 0 Å². The summed E-state index contributed by atoms with van der Waals surface area (Å²) in [5, 5.41) is 7.15. The number of rotatable bonds is 6. The van der Waals surface area contributed by atoms with Gasteiger partial charge in [-0.25, -0.2) is 0 Å². The number of hydrogen-bond acceptors (Lipinski definition) is 5. The van der Waals surface area contributed by atoms with E-state index in [4.69, 9.17) is 32.5 Å². The summed E-state index contributed by atoms with van der Waals surface area (Å²) in [4.78, 5) is 0. The molecule has 0 atom stereocenters. The van der Waals surface area contributed by atoms with Gasteiger partial charge in [0.2, 0.25) is 0 Å². The first-order chi connectivity index (χ1) is 8.70. The van der Waals surface area contributed by atoms with E-state index in [0.29, 0.717) is 27.6 Å². The van der Waals surface area contributed by atoms with Crippen molar-refractivity contribution in [1.82, 2.24) is 10.5 Å². The van der Waals surface area contributed by atoms with Crippen molar-refractivity contribution in [2.45, 2.75) is 6.54 Å². The highest BCUT2D eigenvalue weighted by molar-refractivity contribution is 7.20. The van der Waals surface area contributed by atoms with Crippen LogP contribution >= 0.6 is 34.5 Å². The molecule has 18 heavy (non-hydrogen) atoms. The molecular formula is C11H12Cl2N2O2S. The van der Waals surface area contributed by atoms with Gasteiger partial charge < -0.3 is 14.6 Å². The number of ether oxygens (including phenoxy) is 1. The predicted molar refractivity (Wildman–Crippen MR) is 73.4 cm³/mol. The first-order valence-corrected chi connectivity index (χ1v) is 6.88. The zero-order valence-electron chi connectivity index (χ0n) is 9.70. The molecule has 2 heterocycles. The number of nitrogens with one attached hydrogen (secondary N) is 1. The Hall–Kier alpha value is -0.590. The topological polar surface area (TPSA) is 47.3 Å². The minimum Gasteiger partial charge on any atom is -0.383 e. The fourth-order valence-corrected chi connectivity index (χ4v) is 2.89. The lowest BCUT2D eigenvalue weighted by Crippen LogP contribution is -2.18. The normalized spacial score (nSPS) is 11.1. The summed E-state index contributed by atoms with van der Waals surface area (Å²) in [6.07, 6.45) is 0. The second-order valence-electron chi connectivity index (χ2n) is 3.59. The van der Waals surface area contributed by atoms with Gasteiger partial charge in [-0.1, -0.05) is 28.4 Å². The van der Waals surface area contributed by atoms with E-state index in [-0.39, 0.29) is 0 Å². The van der Waals surface area contributed by atoms with Crippen LogP contribution in [0.2, 0.25) is 8.67 Å². The summed E-state index contributed by atoms with van der Waals surface area (Å²) in [7, 11) is 1.66. The molecule has 0 radical (unpaired) electrons. The van der Waals surface area contributed by atoms with E-state index < -0.39 is 0 Å². The van der Waals surface area contributed by atoms with Crippen molar-refractivity contribution >= 4 is 34.5 Å². The maximum absolute atomic E-state index is 6.05. The molecule has 2 aromatic rings. The fraction of sp³-hybridized carbons (Fsp3) is 0.364. The number of aromatic nitrogens is 1. The molecule has 1 N–H and O–H groups in total. The lowest BCUT2D eigenvalue weighted by molar-refractivity contribution is 0.199. The van der Waals surface area contributed by atoms with Crippen LogP contribution in [-0.4, -0.2) is 25.4 Å². The third-order valence-electron chi connectivity index (χ3n) is 2.27. The number of halogens is 2. The van der Waals surface area contributed by atoms with E-state index in [0.717, 1.165) is 17.8 Å². The minimum atomic E-state index is 0.607. The van der Waals surface area contributed by atoms with Crippen molar-refractivity contribution in [3.8, 4) is 11.3 Å². The Morgan fingerprint density at radius 3 is 2.94 bits per heavy atom. The third-order valence-corrected chi connectivity index (χ3v) is 3.76. The van der Waals surface area contributed by atoms with Gasteiger partial charge in [0.25, 0.3) is 0 Å². The van der Waals surface area contributed by atoms with Crippen LogP contribution in [0.4, 0.5) is 0 Å². The first-order valence-electron chi connectivity index (χ1n) is 5.31. The van der Waals surface area contributed by atoms with Crippen molar-refractivity contribution in [1.29, 1.82) is 0 Å². The SMILES string of the molecule is COCCNCc1cc(-c2cc(Cl)sc2Cl)on1. The quantitative estimate of drug-likeness (QED) is 0.830. The van der Waals surface area contributed by atoms with Crippen LogP contribution in [0.15, 0.2) is 16.7 Å². The molecule has 0 saturated heterocycles. The van der Waals surface area contributed by atoms with Gasteiger partial charge in [-0.05, 0) is 6.07 Å². The van der Waals surface area contributed by atoms with Crippen LogP contribution in [0.5, 0.6) is 0 Å². The van der Waals surface area contributed by atoms with E-state index in [1.807, 2.05) is 6.07 Å². The summed E-state index contributed by atoms with van der Waals surface area (Å²) in [6.45, 7) is 2.06. The number of methoxy groups -OCH3 is 1. The van der Waals surface area contributed by atoms with Crippen LogP contribution in [0.1, 0.15) is 5.69 Å². The molecule has 4 nitrogen and oxygen atoms in total. The Morgan fingerprint density at radius 2 is 2.28 bits per heavy atom. The highest BCUT2D eigenvalue weighted by Crippen LogP contribution is 2.38. The molecule has 0 saturated carbocycles. The van der Waals surface area contributed by atoms with E-state index in [9.17, 15) is 0 Å². The van der Waals surface area contributed by atoms with Gasteiger partial charge in [-0.2, -0.15) is 0 Å². The van der Waals surface area contributed by atoms with E-state index in [1.54, 1.807) is 13.2 Å². The lowest BCUT2D eigenvalue weighted by atomic mass is 10.2. The second kappa shape index (κ2) is 6.54. The molecule has 2 rings (SSSR count).